The molecule has 0 aliphatic heterocycles. The first-order valence-corrected chi connectivity index (χ1v) is 12.0. The summed E-state index contributed by atoms with van der Waals surface area (Å²) in [7, 11) is 0. The fourth-order valence-corrected chi connectivity index (χ4v) is 4.30. The third-order valence-electron chi connectivity index (χ3n) is 5.30. The fourth-order valence-electron chi connectivity index (χ4n) is 3.52. The summed E-state index contributed by atoms with van der Waals surface area (Å²) in [6.07, 6.45) is 0.349. The van der Waals surface area contributed by atoms with Gasteiger partial charge in [-0.25, -0.2) is 4.39 Å². The molecule has 33 heavy (non-hydrogen) atoms. The van der Waals surface area contributed by atoms with Gasteiger partial charge in [-0.15, -0.1) is 11.8 Å². The lowest BCUT2D eigenvalue weighted by molar-refractivity contribution is -0.139. The van der Waals surface area contributed by atoms with Gasteiger partial charge in [-0.1, -0.05) is 66.2 Å². The number of nitrogens with one attached hydrogen (secondary N) is 1. The monoisotopic (exact) mass is 464 g/mol. The van der Waals surface area contributed by atoms with E-state index in [2.05, 4.69) is 5.32 Å². The van der Waals surface area contributed by atoms with Gasteiger partial charge in [0.2, 0.25) is 11.8 Å². The van der Waals surface area contributed by atoms with Crippen LogP contribution in [-0.4, -0.2) is 35.1 Å². The van der Waals surface area contributed by atoms with Gasteiger partial charge in [-0.3, -0.25) is 9.59 Å². The number of rotatable bonds is 10. The summed E-state index contributed by atoms with van der Waals surface area (Å²) in [5, 5.41) is 2.85. The minimum absolute atomic E-state index is 0.0224. The van der Waals surface area contributed by atoms with Crippen molar-refractivity contribution in [2.24, 2.45) is 0 Å². The molecule has 4 nitrogen and oxygen atoms in total. The van der Waals surface area contributed by atoms with Crippen LogP contribution in [0.5, 0.6) is 0 Å². The van der Waals surface area contributed by atoms with Crippen molar-refractivity contribution in [1.82, 2.24) is 10.2 Å². The van der Waals surface area contributed by atoms with Gasteiger partial charge in [0, 0.05) is 30.0 Å². The van der Waals surface area contributed by atoms with Gasteiger partial charge in [0.1, 0.15) is 11.9 Å². The van der Waals surface area contributed by atoms with E-state index in [-0.39, 0.29) is 24.1 Å². The Morgan fingerprint density at radius 3 is 2.30 bits per heavy atom. The van der Waals surface area contributed by atoms with Gasteiger partial charge < -0.3 is 10.2 Å². The lowest BCUT2D eigenvalue weighted by Gasteiger charge is -2.31. The van der Waals surface area contributed by atoms with Crippen molar-refractivity contribution >= 4 is 23.6 Å². The number of nitrogens with zero attached hydrogens (tertiary/aromatic N) is 1. The molecule has 3 rings (SSSR count). The molecule has 1 atom stereocenters. The van der Waals surface area contributed by atoms with Gasteiger partial charge in [0.05, 0.1) is 5.75 Å². The zero-order valence-corrected chi connectivity index (χ0v) is 19.8. The molecule has 0 heterocycles. The molecule has 0 aliphatic carbocycles. The van der Waals surface area contributed by atoms with Crippen LogP contribution in [0, 0.1) is 12.7 Å². The van der Waals surface area contributed by atoms with Crippen molar-refractivity contribution in [3.05, 3.63) is 101 Å². The predicted octanol–water partition coefficient (Wildman–Crippen LogP) is 5.00. The molecule has 3 aromatic rings. The quantitative estimate of drug-likeness (QED) is 0.430. The number of carbonyl (C=O) groups excluding carboxylic acids is 2. The van der Waals surface area contributed by atoms with Crippen LogP contribution >= 0.6 is 11.8 Å². The highest BCUT2D eigenvalue weighted by Gasteiger charge is 2.30. The van der Waals surface area contributed by atoms with Crippen molar-refractivity contribution in [1.29, 1.82) is 0 Å². The Morgan fingerprint density at radius 1 is 0.970 bits per heavy atom. The first kappa shape index (κ1) is 24.5. The third kappa shape index (κ3) is 7.19. The average Bonchev–Trinajstić information content (AvgIpc) is 2.82. The van der Waals surface area contributed by atoms with E-state index in [1.807, 2.05) is 68.4 Å². The third-order valence-corrected chi connectivity index (χ3v) is 6.30. The molecule has 1 N–H and O–H groups in total. The zero-order chi connectivity index (χ0) is 23.6. The lowest BCUT2D eigenvalue weighted by Crippen LogP contribution is -2.51. The Kier molecular flexibility index (Phi) is 9.07. The Bertz CT molecular complexity index is 1060. The highest BCUT2D eigenvalue weighted by atomic mass is 32.2. The maximum Gasteiger partial charge on any atom is 0.243 e. The normalized spacial score (nSPS) is 11.6. The topological polar surface area (TPSA) is 49.4 Å². The van der Waals surface area contributed by atoms with Gasteiger partial charge >= 0.3 is 0 Å². The highest BCUT2D eigenvalue weighted by molar-refractivity contribution is 8.00. The second-order valence-electron chi connectivity index (χ2n) is 7.81. The Labute approximate surface area is 199 Å². The van der Waals surface area contributed by atoms with Crippen molar-refractivity contribution in [3.8, 4) is 0 Å². The highest BCUT2D eigenvalue weighted by Crippen LogP contribution is 2.22. The molecule has 0 saturated heterocycles. The summed E-state index contributed by atoms with van der Waals surface area (Å²) in [6.45, 7) is 4.32. The van der Waals surface area contributed by atoms with Crippen LogP contribution in [0.25, 0.3) is 0 Å². The molecular formula is C27H29FN2O2S. The minimum atomic E-state index is -0.752. The number of hydrogen-bond donors (Lipinski definition) is 1. The van der Waals surface area contributed by atoms with E-state index in [1.165, 1.54) is 22.7 Å². The number of thioether (sulfide) groups is 1. The van der Waals surface area contributed by atoms with Crippen molar-refractivity contribution < 1.29 is 14.0 Å². The van der Waals surface area contributed by atoms with E-state index in [0.717, 1.165) is 16.0 Å². The maximum atomic E-state index is 14.5. The van der Waals surface area contributed by atoms with Gasteiger partial charge in [-0.05, 0) is 37.6 Å². The molecule has 6 heteroatoms. The van der Waals surface area contributed by atoms with Crippen LogP contribution in [-0.2, 0) is 22.6 Å². The van der Waals surface area contributed by atoms with Crippen LogP contribution < -0.4 is 5.32 Å². The largest absolute Gasteiger partial charge is 0.355 e. The molecule has 0 bridgehead atoms. The van der Waals surface area contributed by atoms with Crippen LogP contribution in [0.2, 0.25) is 0 Å². The van der Waals surface area contributed by atoms with Crippen molar-refractivity contribution in [2.75, 3.05) is 12.3 Å². The molecule has 0 fully saturated rings. The summed E-state index contributed by atoms with van der Waals surface area (Å²) in [5.41, 5.74) is 2.46. The first-order valence-electron chi connectivity index (χ1n) is 11.0. The van der Waals surface area contributed by atoms with Crippen LogP contribution in [0.15, 0.2) is 83.8 Å². The number of amides is 2. The molecule has 2 amide bonds. The molecule has 0 radical (unpaired) electrons. The molecule has 0 aliphatic rings. The number of hydrogen-bond acceptors (Lipinski definition) is 3. The van der Waals surface area contributed by atoms with Crippen molar-refractivity contribution in [3.63, 3.8) is 0 Å². The first-order chi connectivity index (χ1) is 16.0. The second kappa shape index (κ2) is 12.2. The minimum Gasteiger partial charge on any atom is -0.355 e. The van der Waals surface area contributed by atoms with Crippen LogP contribution in [0.3, 0.4) is 0 Å². The Morgan fingerprint density at radius 2 is 1.64 bits per heavy atom. The number of halogens is 1. The fraction of sp³-hybridized carbons (Fsp3) is 0.259. The molecule has 0 unspecified atom stereocenters. The SMILES string of the molecule is CCNC(=O)[C@@H](Cc1ccccc1)N(Cc1ccccc1F)C(=O)CSc1ccc(C)cc1. The number of carbonyl (C=O) groups is 2. The number of likely N-dealkylation sites (N-methyl/N-ethyl adjacent to an activating group) is 1. The summed E-state index contributed by atoms with van der Waals surface area (Å²) < 4.78 is 14.5. The van der Waals surface area contributed by atoms with E-state index in [9.17, 15) is 14.0 Å². The molecule has 0 aromatic heterocycles. The molecule has 0 saturated carbocycles. The second-order valence-corrected chi connectivity index (χ2v) is 8.86. The van der Waals surface area contributed by atoms with Gasteiger partial charge in [-0.2, -0.15) is 0 Å². The van der Waals surface area contributed by atoms with Crippen molar-refractivity contribution in [2.45, 2.75) is 37.8 Å². The van der Waals surface area contributed by atoms with E-state index >= 15 is 0 Å². The Balaban J connectivity index is 1.89. The summed E-state index contributed by atoms with van der Waals surface area (Å²) >= 11 is 1.41. The van der Waals surface area contributed by atoms with Gasteiger partial charge in [0.25, 0.3) is 0 Å². The Hall–Kier alpha value is -3.12. The predicted molar refractivity (Wildman–Crippen MR) is 131 cm³/mol. The van der Waals surface area contributed by atoms with E-state index in [1.54, 1.807) is 18.2 Å². The van der Waals surface area contributed by atoms with E-state index in [4.69, 9.17) is 0 Å². The standard InChI is InChI=1S/C27H29FN2O2S/c1-3-29-27(32)25(17-21-9-5-4-6-10-21)30(18-22-11-7-8-12-24(22)28)26(31)19-33-23-15-13-20(2)14-16-23/h4-16,25H,3,17-19H2,1-2H3,(H,29,32)/t25-/m1/s1. The average molecular weight is 465 g/mol. The summed E-state index contributed by atoms with van der Waals surface area (Å²) in [4.78, 5) is 29.0. The van der Waals surface area contributed by atoms with Gasteiger partial charge in [0.15, 0.2) is 0 Å². The van der Waals surface area contributed by atoms with Crippen LogP contribution in [0.4, 0.5) is 4.39 Å². The van der Waals surface area contributed by atoms with E-state index < -0.39 is 11.9 Å². The molecule has 3 aromatic carbocycles. The van der Waals surface area contributed by atoms with E-state index in [0.29, 0.717) is 18.5 Å². The smallest absolute Gasteiger partial charge is 0.243 e. The molecular weight excluding hydrogens is 435 g/mol. The molecule has 172 valence electrons. The zero-order valence-electron chi connectivity index (χ0n) is 19.0. The summed E-state index contributed by atoms with van der Waals surface area (Å²) in [5.74, 6) is -0.694. The number of benzene rings is 3. The maximum absolute atomic E-state index is 14.5. The molecule has 0 spiro atoms. The summed E-state index contributed by atoms with van der Waals surface area (Å²) in [6, 6.07) is 23.1. The number of aryl methyl sites for hydroxylation is 1. The van der Waals surface area contributed by atoms with Crippen LogP contribution in [0.1, 0.15) is 23.6 Å². The lowest BCUT2D eigenvalue weighted by atomic mass is 10.0.